The highest BCUT2D eigenvalue weighted by atomic mass is 35.5. The van der Waals surface area contributed by atoms with Crippen molar-refractivity contribution < 1.29 is 14.1 Å². The van der Waals surface area contributed by atoms with Crippen molar-refractivity contribution in [1.29, 1.82) is 0 Å². The zero-order valence-corrected chi connectivity index (χ0v) is 14.9. The van der Waals surface area contributed by atoms with Crippen LogP contribution in [0.1, 0.15) is 6.92 Å². The lowest BCUT2D eigenvalue weighted by molar-refractivity contribution is -0.914. The van der Waals surface area contributed by atoms with Crippen LogP contribution in [0.15, 0.2) is 48.5 Å². The van der Waals surface area contributed by atoms with Gasteiger partial charge in [-0.25, -0.2) is 4.39 Å². The van der Waals surface area contributed by atoms with Crippen LogP contribution in [0.5, 0.6) is 0 Å². The summed E-state index contributed by atoms with van der Waals surface area (Å²) < 4.78 is 13.7. The van der Waals surface area contributed by atoms with Crippen molar-refractivity contribution in [3.8, 4) is 0 Å². The van der Waals surface area contributed by atoms with E-state index in [9.17, 15) is 9.18 Å². The largest absolute Gasteiger partial charge is 0.359 e. The number of quaternary nitrogens is 1. The molecular formula is C19H22ClFN3O+. The minimum Gasteiger partial charge on any atom is -0.359 e. The lowest BCUT2D eigenvalue weighted by Crippen LogP contribution is -3.19. The number of rotatable bonds is 4. The van der Waals surface area contributed by atoms with Crippen LogP contribution in [0.4, 0.5) is 15.8 Å². The van der Waals surface area contributed by atoms with Crippen molar-refractivity contribution in [2.24, 2.45) is 0 Å². The van der Waals surface area contributed by atoms with E-state index in [1.165, 1.54) is 11.0 Å². The molecule has 0 aromatic heterocycles. The lowest BCUT2D eigenvalue weighted by atomic mass is 10.2. The molecule has 0 radical (unpaired) electrons. The van der Waals surface area contributed by atoms with E-state index in [1.807, 2.05) is 31.2 Å². The molecular weight excluding hydrogens is 341 g/mol. The first kappa shape index (κ1) is 17.7. The molecule has 1 fully saturated rings. The molecule has 132 valence electrons. The summed E-state index contributed by atoms with van der Waals surface area (Å²) in [6, 6.07) is 13.8. The highest BCUT2D eigenvalue weighted by molar-refractivity contribution is 6.33. The molecule has 1 amide bonds. The molecule has 0 unspecified atom stereocenters. The van der Waals surface area contributed by atoms with Gasteiger partial charge in [-0.3, -0.25) is 4.79 Å². The van der Waals surface area contributed by atoms with Gasteiger partial charge in [-0.2, -0.15) is 0 Å². The number of carbonyl (C=O) groups is 1. The summed E-state index contributed by atoms with van der Waals surface area (Å²) in [5.74, 6) is -0.576. The summed E-state index contributed by atoms with van der Waals surface area (Å²) in [6.45, 7) is 5.21. The third-order valence-corrected chi connectivity index (χ3v) is 5.06. The Morgan fingerprint density at radius 1 is 1.16 bits per heavy atom. The maximum Gasteiger partial charge on any atom is 0.282 e. The van der Waals surface area contributed by atoms with E-state index >= 15 is 0 Å². The molecule has 0 saturated carbocycles. The number of anilines is 2. The quantitative estimate of drug-likeness (QED) is 0.875. The number of benzene rings is 2. The fourth-order valence-corrected chi connectivity index (χ4v) is 3.42. The molecule has 3 rings (SSSR count). The Hall–Kier alpha value is -2.11. The Kier molecular flexibility index (Phi) is 5.56. The van der Waals surface area contributed by atoms with Crippen LogP contribution in [-0.4, -0.2) is 38.1 Å². The number of halogens is 2. The van der Waals surface area contributed by atoms with Crippen molar-refractivity contribution in [2.45, 2.75) is 13.0 Å². The second kappa shape index (κ2) is 7.85. The van der Waals surface area contributed by atoms with E-state index in [1.54, 1.807) is 18.2 Å². The smallest absolute Gasteiger partial charge is 0.282 e. The molecule has 1 aliphatic heterocycles. The van der Waals surface area contributed by atoms with E-state index in [0.717, 1.165) is 36.9 Å². The van der Waals surface area contributed by atoms with Gasteiger partial charge in [-0.05, 0) is 31.2 Å². The van der Waals surface area contributed by atoms with E-state index in [0.29, 0.717) is 0 Å². The monoisotopic (exact) mass is 362 g/mol. The molecule has 1 saturated heterocycles. The molecule has 1 atom stereocenters. The maximum absolute atomic E-state index is 13.7. The predicted octanol–water partition coefficient (Wildman–Crippen LogP) is 2.21. The van der Waals surface area contributed by atoms with Crippen LogP contribution in [-0.2, 0) is 4.79 Å². The number of amides is 1. The minimum absolute atomic E-state index is 0.161. The molecule has 2 aromatic carbocycles. The number of nitrogens with one attached hydrogen (secondary N) is 2. The third-order valence-electron chi connectivity index (χ3n) is 4.74. The molecule has 1 heterocycles. The Morgan fingerprint density at radius 2 is 1.80 bits per heavy atom. The van der Waals surface area contributed by atoms with Gasteiger partial charge in [0.05, 0.1) is 42.6 Å². The van der Waals surface area contributed by atoms with Crippen LogP contribution in [0.2, 0.25) is 5.02 Å². The Bertz CT molecular complexity index is 747. The molecule has 1 aliphatic rings. The van der Waals surface area contributed by atoms with Gasteiger partial charge in [0, 0.05) is 0 Å². The Balaban J connectivity index is 1.58. The average Bonchev–Trinajstić information content (AvgIpc) is 2.63. The molecule has 2 aromatic rings. The normalized spacial score (nSPS) is 16.5. The van der Waals surface area contributed by atoms with Gasteiger partial charge < -0.3 is 15.1 Å². The predicted molar refractivity (Wildman–Crippen MR) is 98.9 cm³/mol. The van der Waals surface area contributed by atoms with E-state index in [2.05, 4.69) is 10.2 Å². The van der Waals surface area contributed by atoms with Crippen molar-refractivity contribution in [2.75, 3.05) is 36.4 Å². The molecule has 25 heavy (non-hydrogen) atoms. The number of hydrogen-bond acceptors (Lipinski definition) is 2. The van der Waals surface area contributed by atoms with Crippen LogP contribution < -0.4 is 15.1 Å². The van der Waals surface area contributed by atoms with Gasteiger partial charge in [-0.1, -0.05) is 35.9 Å². The molecule has 4 nitrogen and oxygen atoms in total. The number of carbonyl (C=O) groups excluding carboxylic acids is 1. The molecule has 2 N–H and O–H groups in total. The summed E-state index contributed by atoms with van der Waals surface area (Å²) in [7, 11) is 0. The van der Waals surface area contributed by atoms with Gasteiger partial charge in [-0.15, -0.1) is 0 Å². The topological polar surface area (TPSA) is 36.8 Å². The van der Waals surface area contributed by atoms with Crippen LogP contribution in [0.25, 0.3) is 0 Å². The first-order valence-electron chi connectivity index (χ1n) is 8.45. The fraction of sp³-hybridized carbons (Fsp3) is 0.316. The second-order valence-corrected chi connectivity index (χ2v) is 6.69. The molecule has 6 heteroatoms. The zero-order chi connectivity index (χ0) is 17.8. The SMILES string of the molecule is C[C@H](C(=O)Nc1ccccc1F)[NH+]1CCN(c2ccccc2Cl)CC1. The summed E-state index contributed by atoms with van der Waals surface area (Å²) >= 11 is 6.26. The summed E-state index contributed by atoms with van der Waals surface area (Å²) in [4.78, 5) is 15.9. The number of hydrogen-bond donors (Lipinski definition) is 2. The van der Waals surface area contributed by atoms with Gasteiger partial charge in [0.15, 0.2) is 6.04 Å². The standard InChI is InChI=1S/C19H21ClFN3O/c1-14(19(25)22-17-8-4-3-7-16(17)21)23-10-12-24(13-11-23)18-9-5-2-6-15(18)20/h2-9,14H,10-13H2,1H3,(H,22,25)/p+1/t14-/m1/s1. The second-order valence-electron chi connectivity index (χ2n) is 6.29. The van der Waals surface area contributed by atoms with Crippen molar-refractivity contribution in [1.82, 2.24) is 0 Å². The maximum atomic E-state index is 13.7. The summed E-state index contributed by atoms with van der Waals surface area (Å²) in [6.07, 6.45) is 0. The van der Waals surface area contributed by atoms with Crippen molar-refractivity contribution in [3.05, 3.63) is 59.4 Å². The van der Waals surface area contributed by atoms with Gasteiger partial charge in [0.1, 0.15) is 5.82 Å². The number of nitrogens with zero attached hydrogens (tertiary/aromatic N) is 1. The molecule has 0 bridgehead atoms. The van der Waals surface area contributed by atoms with Gasteiger partial charge >= 0.3 is 0 Å². The lowest BCUT2D eigenvalue weighted by Gasteiger charge is -2.36. The van der Waals surface area contributed by atoms with Crippen LogP contribution in [0, 0.1) is 5.82 Å². The summed E-state index contributed by atoms with van der Waals surface area (Å²) in [5, 5.41) is 3.44. The number of para-hydroxylation sites is 2. The average molecular weight is 363 g/mol. The minimum atomic E-state index is -0.415. The molecule has 0 aliphatic carbocycles. The first-order chi connectivity index (χ1) is 12.1. The fourth-order valence-electron chi connectivity index (χ4n) is 3.16. The number of piperazine rings is 1. The van der Waals surface area contributed by atoms with E-state index in [4.69, 9.17) is 11.6 Å². The van der Waals surface area contributed by atoms with Crippen molar-refractivity contribution >= 4 is 28.9 Å². The van der Waals surface area contributed by atoms with E-state index < -0.39 is 5.82 Å². The first-order valence-corrected chi connectivity index (χ1v) is 8.83. The Labute approximate surface area is 152 Å². The third kappa shape index (κ3) is 4.11. The zero-order valence-electron chi connectivity index (χ0n) is 14.1. The molecule has 0 spiro atoms. The highest BCUT2D eigenvalue weighted by Gasteiger charge is 2.30. The van der Waals surface area contributed by atoms with Gasteiger partial charge in [0.25, 0.3) is 5.91 Å². The van der Waals surface area contributed by atoms with Crippen LogP contribution >= 0.6 is 11.6 Å². The van der Waals surface area contributed by atoms with E-state index in [-0.39, 0.29) is 17.6 Å². The van der Waals surface area contributed by atoms with Gasteiger partial charge in [0.2, 0.25) is 0 Å². The Morgan fingerprint density at radius 3 is 2.48 bits per heavy atom. The van der Waals surface area contributed by atoms with Crippen LogP contribution in [0.3, 0.4) is 0 Å². The highest BCUT2D eigenvalue weighted by Crippen LogP contribution is 2.24. The van der Waals surface area contributed by atoms with Crippen molar-refractivity contribution in [3.63, 3.8) is 0 Å². The summed E-state index contributed by atoms with van der Waals surface area (Å²) in [5.41, 5.74) is 1.26.